The van der Waals surface area contributed by atoms with Crippen LogP contribution in [0, 0.1) is 16.7 Å². The minimum absolute atomic E-state index is 0.0385. The Kier molecular flexibility index (Phi) is 4.10. The number of carbonyl (C=O) groups excluding carboxylic acids is 1. The van der Waals surface area contributed by atoms with Gasteiger partial charge in [-0.1, -0.05) is 26.0 Å². The van der Waals surface area contributed by atoms with Gasteiger partial charge in [-0.15, -0.1) is 0 Å². The van der Waals surface area contributed by atoms with Gasteiger partial charge in [0.25, 0.3) is 0 Å². The number of nitrogens with zero attached hydrogens (tertiary/aromatic N) is 1. The molecular weight excluding hydrogens is 345 g/mol. The van der Waals surface area contributed by atoms with Gasteiger partial charge in [-0.05, 0) is 23.1 Å². The van der Waals surface area contributed by atoms with Crippen LogP contribution in [0.2, 0.25) is 0 Å². The third-order valence-corrected chi connectivity index (χ3v) is 4.65. The fraction of sp³-hybridized carbons (Fsp3) is 0.368. The predicted molar refractivity (Wildman–Crippen MR) is 87.1 cm³/mol. The van der Waals surface area contributed by atoms with Crippen LogP contribution >= 0.6 is 0 Å². The molecule has 0 saturated heterocycles. The van der Waals surface area contributed by atoms with E-state index < -0.39 is 17.7 Å². The second kappa shape index (κ2) is 5.90. The molecule has 136 valence electrons. The molecule has 1 heterocycles. The molecule has 1 aliphatic carbocycles. The summed E-state index contributed by atoms with van der Waals surface area (Å²) < 4.78 is 44.0. The van der Waals surface area contributed by atoms with Crippen LogP contribution in [0.25, 0.3) is 0 Å². The van der Waals surface area contributed by atoms with Gasteiger partial charge < -0.3 is 10.5 Å². The molecule has 0 amide bonds. The maximum atomic E-state index is 12.8. The Labute approximate surface area is 148 Å². The number of rotatable bonds is 1. The molecule has 2 aliphatic rings. The van der Waals surface area contributed by atoms with Crippen molar-refractivity contribution in [2.75, 3.05) is 0 Å². The lowest BCUT2D eigenvalue weighted by Gasteiger charge is -2.37. The number of carbonyl (C=O) groups is 1. The summed E-state index contributed by atoms with van der Waals surface area (Å²) in [7, 11) is 0. The molecule has 1 atom stereocenters. The summed E-state index contributed by atoms with van der Waals surface area (Å²) in [6.07, 6.45) is -3.73. The van der Waals surface area contributed by atoms with Crippen molar-refractivity contribution in [2.24, 2.45) is 11.1 Å². The minimum atomic E-state index is -4.46. The summed E-state index contributed by atoms with van der Waals surface area (Å²) in [4.78, 5) is 12.7. The van der Waals surface area contributed by atoms with Crippen LogP contribution in [0.4, 0.5) is 13.2 Å². The number of hydrogen-bond donors (Lipinski definition) is 1. The van der Waals surface area contributed by atoms with E-state index >= 15 is 0 Å². The molecule has 0 bridgehead atoms. The minimum Gasteiger partial charge on any atom is -0.444 e. The largest absolute Gasteiger partial charge is 0.444 e. The molecule has 0 aromatic heterocycles. The van der Waals surface area contributed by atoms with Crippen molar-refractivity contribution < 1.29 is 22.7 Å². The lowest BCUT2D eigenvalue weighted by molar-refractivity contribution is -0.137. The highest BCUT2D eigenvalue weighted by molar-refractivity contribution is 6.00. The topological polar surface area (TPSA) is 76.1 Å². The van der Waals surface area contributed by atoms with Gasteiger partial charge in [0, 0.05) is 18.4 Å². The molecule has 7 heteroatoms. The van der Waals surface area contributed by atoms with Crippen LogP contribution < -0.4 is 5.73 Å². The third-order valence-electron chi connectivity index (χ3n) is 4.65. The van der Waals surface area contributed by atoms with E-state index in [0.29, 0.717) is 23.3 Å². The average Bonchev–Trinajstić information content (AvgIpc) is 2.51. The number of ketones is 1. The maximum Gasteiger partial charge on any atom is 0.416 e. The highest BCUT2D eigenvalue weighted by Crippen LogP contribution is 2.48. The van der Waals surface area contributed by atoms with Crippen molar-refractivity contribution in [1.82, 2.24) is 0 Å². The molecule has 0 spiro atoms. The number of hydrogen-bond acceptors (Lipinski definition) is 4. The SMILES string of the molecule is CC1(C)CC(=O)C2=C(C1)OC(N)=C(C#N)C2c1ccc(C(F)(F)F)cc1. The summed E-state index contributed by atoms with van der Waals surface area (Å²) in [5.74, 6) is -0.703. The fourth-order valence-corrected chi connectivity index (χ4v) is 3.48. The number of benzene rings is 1. The van der Waals surface area contributed by atoms with Crippen molar-refractivity contribution in [2.45, 2.75) is 38.8 Å². The maximum absolute atomic E-state index is 12.8. The number of halogens is 3. The molecule has 0 fully saturated rings. The molecule has 26 heavy (non-hydrogen) atoms. The van der Waals surface area contributed by atoms with E-state index in [-0.39, 0.29) is 29.1 Å². The van der Waals surface area contributed by atoms with E-state index in [4.69, 9.17) is 10.5 Å². The van der Waals surface area contributed by atoms with Gasteiger partial charge in [0.15, 0.2) is 5.78 Å². The highest BCUT2D eigenvalue weighted by Gasteiger charge is 2.43. The Morgan fingerprint density at radius 3 is 2.38 bits per heavy atom. The van der Waals surface area contributed by atoms with Crippen LogP contribution in [0.3, 0.4) is 0 Å². The van der Waals surface area contributed by atoms with E-state index in [2.05, 4.69) is 0 Å². The summed E-state index contributed by atoms with van der Waals surface area (Å²) in [6.45, 7) is 3.84. The first-order valence-electron chi connectivity index (χ1n) is 8.04. The standard InChI is InChI=1S/C19H17F3N2O2/c1-18(2)7-13(25)16-14(8-18)26-17(24)12(9-23)15(16)10-3-5-11(6-4-10)19(20,21)22/h3-6,15H,7-8,24H2,1-2H3. The molecule has 1 aromatic rings. The Hall–Kier alpha value is -2.75. The van der Waals surface area contributed by atoms with Gasteiger partial charge >= 0.3 is 6.18 Å². The molecule has 0 saturated carbocycles. The Morgan fingerprint density at radius 1 is 1.23 bits per heavy atom. The summed E-state index contributed by atoms with van der Waals surface area (Å²) >= 11 is 0. The summed E-state index contributed by atoms with van der Waals surface area (Å²) in [5.41, 5.74) is 5.51. The molecular formula is C19H17F3N2O2. The van der Waals surface area contributed by atoms with Gasteiger partial charge in [-0.25, -0.2) is 0 Å². The van der Waals surface area contributed by atoms with Crippen molar-refractivity contribution in [1.29, 1.82) is 5.26 Å². The van der Waals surface area contributed by atoms with Gasteiger partial charge in [0.2, 0.25) is 5.88 Å². The second-order valence-corrected chi connectivity index (χ2v) is 7.32. The lowest BCUT2D eigenvalue weighted by atomic mass is 9.70. The zero-order chi connectivity index (χ0) is 19.3. The van der Waals surface area contributed by atoms with Gasteiger partial charge in [-0.2, -0.15) is 18.4 Å². The molecule has 2 N–H and O–H groups in total. The number of nitriles is 1. The fourth-order valence-electron chi connectivity index (χ4n) is 3.48. The molecule has 0 radical (unpaired) electrons. The van der Waals surface area contributed by atoms with Crippen LogP contribution in [0.15, 0.2) is 47.1 Å². The summed E-state index contributed by atoms with van der Waals surface area (Å²) in [5, 5.41) is 9.47. The lowest BCUT2D eigenvalue weighted by Crippen LogP contribution is -2.33. The smallest absolute Gasteiger partial charge is 0.416 e. The third kappa shape index (κ3) is 3.07. The van der Waals surface area contributed by atoms with Crippen LogP contribution in [0.5, 0.6) is 0 Å². The van der Waals surface area contributed by atoms with Gasteiger partial charge in [0.1, 0.15) is 17.4 Å². The molecule has 1 aliphatic heterocycles. The monoisotopic (exact) mass is 362 g/mol. The van der Waals surface area contributed by atoms with Gasteiger partial charge in [-0.3, -0.25) is 4.79 Å². The Morgan fingerprint density at radius 2 is 1.85 bits per heavy atom. The number of ether oxygens (including phenoxy) is 1. The zero-order valence-corrected chi connectivity index (χ0v) is 14.3. The number of alkyl halides is 3. The quantitative estimate of drug-likeness (QED) is 0.814. The average molecular weight is 362 g/mol. The first-order chi connectivity index (χ1) is 12.0. The van der Waals surface area contributed by atoms with Gasteiger partial charge in [0.05, 0.1) is 11.5 Å². The molecule has 1 aromatic carbocycles. The zero-order valence-electron chi connectivity index (χ0n) is 14.3. The Balaban J connectivity index is 2.12. The first-order valence-corrected chi connectivity index (χ1v) is 8.04. The van der Waals surface area contributed by atoms with E-state index in [0.717, 1.165) is 12.1 Å². The van der Waals surface area contributed by atoms with E-state index in [1.165, 1.54) is 12.1 Å². The molecule has 3 rings (SSSR count). The second-order valence-electron chi connectivity index (χ2n) is 7.32. The van der Waals surface area contributed by atoms with E-state index in [1.807, 2.05) is 19.9 Å². The number of Topliss-reactive ketones (excluding diaryl/α,β-unsaturated/α-hetero) is 1. The molecule has 1 unspecified atom stereocenters. The summed E-state index contributed by atoms with van der Waals surface area (Å²) in [6, 6.07) is 6.38. The van der Waals surface area contributed by atoms with Crippen molar-refractivity contribution in [3.8, 4) is 6.07 Å². The predicted octanol–water partition coefficient (Wildman–Crippen LogP) is 4.16. The van der Waals surface area contributed by atoms with Crippen LogP contribution in [-0.4, -0.2) is 5.78 Å². The van der Waals surface area contributed by atoms with Crippen LogP contribution in [0.1, 0.15) is 43.7 Å². The van der Waals surface area contributed by atoms with E-state index in [1.54, 1.807) is 0 Å². The first kappa shape index (κ1) is 18.1. The highest BCUT2D eigenvalue weighted by atomic mass is 19.4. The number of allylic oxidation sites excluding steroid dienone is 3. The van der Waals surface area contributed by atoms with Crippen molar-refractivity contribution in [3.63, 3.8) is 0 Å². The molecule has 4 nitrogen and oxygen atoms in total. The Bertz CT molecular complexity index is 872. The normalized spacial score (nSPS) is 22.6. The number of nitrogens with two attached hydrogens (primary N) is 1. The van der Waals surface area contributed by atoms with Crippen molar-refractivity contribution >= 4 is 5.78 Å². The van der Waals surface area contributed by atoms with E-state index in [9.17, 15) is 23.2 Å². The van der Waals surface area contributed by atoms with Crippen LogP contribution in [-0.2, 0) is 15.7 Å². The van der Waals surface area contributed by atoms with Crippen molar-refractivity contribution in [3.05, 3.63) is 58.2 Å².